The summed E-state index contributed by atoms with van der Waals surface area (Å²) < 4.78 is 0. The van der Waals surface area contributed by atoms with Gasteiger partial charge in [-0.1, -0.05) is 43.5 Å². The van der Waals surface area contributed by atoms with E-state index in [9.17, 15) is 5.26 Å². The second kappa shape index (κ2) is 7.11. The van der Waals surface area contributed by atoms with Gasteiger partial charge < -0.3 is 0 Å². The molecule has 0 aliphatic heterocycles. The predicted molar refractivity (Wildman–Crippen MR) is 79.9 cm³/mol. The molecule has 104 valence electrons. The van der Waals surface area contributed by atoms with Crippen LogP contribution < -0.4 is 0 Å². The maximum atomic E-state index is 9.43. The first-order valence-corrected chi connectivity index (χ1v) is 7.62. The fourth-order valence-corrected chi connectivity index (χ4v) is 3.13. The minimum absolute atomic E-state index is 0.0610. The highest BCUT2D eigenvalue weighted by Gasteiger charge is 2.23. The zero-order valence-electron chi connectivity index (χ0n) is 12.2. The highest BCUT2D eigenvalue weighted by Crippen LogP contribution is 2.31. The fraction of sp³-hybridized carbons (Fsp3) is 0.556. The fourth-order valence-electron chi connectivity index (χ4n) is 3.13. The van der Waals surface area contributed by atoms with Gasteiger partial charge in [-0.25, -0.2) is 0 Å². The third-order valence-corrected chi connectivity index (χ3v) is 4.51. The Morgan fingerprint density at radius 3 is 2.25 bits per heavy atom. The van der Waals surface area contributed by atoms with Gasteiger partial charge in [-0.05, 0) is 43.2 Å². The molecule has 2 atom stereocenters. The van der Waals surface area contributed by atoms with Crippen molar-refractivity contribution in [3.63, 3.8) is 0 Å². The van der Waals surface area contributed by atoms with Crippen LogP contribution in [0.2, 0.25) is 0 Å². The Bertz CT molecular complexity index is 498. The predicted octanol–water partition coefficient (Wildman–Crippen LogP) is 4.58. The highest BCUT2D eigenvalue weighted by molar-refractivity contribution is 5.28. The molecule has 1 aliphatic carbocycles. The zero-order chi connectivity index (χ0) is 14.4. The van der Waals surface area contributed by atoms with E-state index in [-0.39, 0.29) is 11.8 Å². The molecule has 0 spiro atoms. The lowest BCUT2D eigenvalue weighted by Crippen LogP contribution is -2.18. The van der Waals surface area contributed by atoms with E-state index < -0.39 is 0 Å². The second-order valence-corrected chi connectivity index (χ2v) is 5.93. The molecule has 1 saturated carbocycles. The maximum absolute atomic E-state index is 9.43. The van der Waals surface area contributed by atoms with E-state index in [4.69, 9.17) is 5.26 Å². The number of hydrogen-bond donors (Lipinski definition) is 0. The van der Waals surface area contributed by atoms with Gasteiger partial charge in [0, 0.05) is 0 Å². The molecule has 0 aromatic heterocycles. The second-order valence-electron chi connectivity index (χ2n) is 5.93. The summed E-state index contributed by atoms with van der Waals surface area (Å²) in [6.45, 7) is 1.91. The molecule has 0 bridgehead atoms. The van der Waals surface area contributed by atoms with Gasteiger partial charge in [0.1, 0.15) is 0 Å². The van der Waals surface area contributed by atoms with Crippen molar-refractivity contribution in [2.75, 3.05) is 0 Å². The maximum Gasteiger partial charge on any atom is 0.0700 e. The third-order valence-electron chi connectivity index (χ3n) is 4.51. The molecular weight excluding hydrogens is 244 g/mol. The number of benzene rings is 1. The van der Waals surface area contributed by atoms with Crippen LogP contribution in [0.15, 0.2) is 24.3 Å². The quantitative estimate of drug-likeness (QED) is 0.801. The Hall–Kier alpha value is -1.80. The first-order chi connectivity index (χ1) is 9.74. The molecule has 2 nitrogen and oxygen atoms in total. The van der Waals surface area contributed by atoms with Crippen LogP contribution in [0, 0.1) is 34.5 Å². The first-order valence-electron chi connectivity index (χ1n) is 7.62. The number of hydrogen-bond acceptors (Lipinski definition) is 2. The Labute approximate surface area is 122 Å². The summed E-state index contributed by atoms with van der Waals surface area (Å²) in [5.41, 5.74) is 2.28. The molecule has 0 heterocycles. The number of rotatable bonds is 4. The monoisotopic (exact) mass is 266 g/mol. The average molecular weight is 266 g/mol. The first kappa shape index (κ1) is 14.6. The van der Waals surface area contributed by atoms with E-state index in [0.717, 1.165) is 12.0 Å². The van der Waals surface area contributed by atoms with E-state index >= 15 is 0 Å². The van der Waals surface area contributed by atoms with Gasteiger partial charge in [0.05, 0.1) is 24.0 Å². The highest BCUT2D eigenvalue weighted by atomic mass is 14.3. The average Bonchev–Trinajstić information content (AvgIpc) is 2.53. The molecule has 20 heavy (non-hydrogen) atoms. The molecule has 0 saturated heterocycles. The largest absolute Gasteiger partial charge is 0.198 e. The summed E-state index contributed by atoms with van der Waals surface area (Å²) in [6.07, 6.45) is 7.16. The molecule has 1 aliphatic rings. The standard InChI is InChI=1S/C18H22N2/c1-14(12-19)16-9-7-15(8-10-16)11-18(13-20)17-5-3-2-4-6-17/h7-10,14,17-18H,2-6,11H2,1H3/t14-,18?/m1/s1. The van der Waals surface area contributed by atoms with Gasteiger partial charge >= 0.3 is 0 Å². The number of nitriles is 2. The molecule has 0 radical (unpaired) electrons. The Kier molecular flexibility index (Phi) is 5.19. The van der Waals surface area contributed by atoms with Gasteiger partial charge in [-0.2, -0.15) is 10.5 Å². The summed E-state index contributed by atoms with van der Waals surface area (Å²) in [4.78, 5) is 0. The van der Waals surface area contributed by atoms with E-state index in [1.54, 1.807) is 0 Å². The molecule has 0 N–H and O–H groups in total. The molecule has 1 aromatic carbocycles. The summed E-state index contributed by atoms with van der Waals surface area (Å²) >= 11 is 0. The molecule has 2 heteroatoms. The van der Waals surface area contributed by atoms with Crippen molar-refractivity contribution in [1.82, 2.24) is 0 Å². The van der Waals surface area contributed by atoms with Crippen LogP contribution in [0.3, 0.4) is 0 Å². The van der Waals surface area contributed by atoms with Gasteiger partial charge in [-0.3, -0.25) is 0 Å². The van der Waals surface area contributed by atoms with Gasteiger partial charge in [0.15, 0.2) is 0 Å². The van der Waals surface area contributed by atoms with Crippen LogP contribution in [0.5, 0.6) is 0 Å². The van der Waals surface area contributed by atoms with Crippen molar-refractivity contribution in [2.45, 2.75) is 51.4 Å². The number of nitrogens with zero attached hydrogens (tertiary/aromatic N) is 2. The SMILES string of the molecule is C[C@H](C#N)c1ccc(CC(C#N)C2CCCCC2)cc1. The summed E-state index contributed by atoms with van der Waals surface area (Å²) in [5.74, 6) is 0.662. The van der Waals surface area contributed by atoms with E-state index in [0.29, 0.717) is 5.92 Å². The lowest BCUT2D eigenvalue weighted by Gasteiger charge is -2.25. The lowest BCUT2D eigenvalue weighted by atomic mass is 9.78. The van der Waals surface area contributed by atoms with Crippen molar-refractivity contribution in [3.8, 4) is 12.1 Å². The topological polar surface area (TPSA) is 47.6 Å². The van der Waals surface area contributed by atoms with Crippen LogP contribution >= 0.6 is 0 Å². The van der Waals surface area contributed by atoms with Gasteiger partial charge in [0.25, 0.3) is 0 Å². The smallest absolute Gasteiger partial charge is 0.0700 e. The molecule has 1 unspecified atom stereocenters. The van der Waals surface area contributed by atoms with Crippen molar-refractivity contribution >= 4 is 0 Å². The molecule has 1 fully saturated rings. The molecule has 0 amide bonds. The molecule has 1 aromatic rings. The van der Waals surface area contributed by atoms with Crippen LogP contribution in [0.4, 0.5) is 0 Å². The molecular formula is C18H22N2. The summed E-state index contributed by atoms with van der Waals surface area (Å²) in [5, 5.41) is 18.3. The zero-order valence-corrected chi connectivity index (χ0v) is 12.2. The minimum Gasteiger partial charge on any atom is -0.198 e. The van der Waals surface area contributed by atoms with Gasteiger partial charge in [-0.15, -0.1) is 0 Å². The van der Waals surface area contributed by atoms with Crippen molar-refractivity contribution < 1.29 is 0 Å². The summed E-state index contributed by atoms with van der Waals surface area (Å²) in [6, 6.07) is 13.0. The summed E-state index contributed by atoms with van der Waals surface area (Å²) in [7, 11) is 0. The third kappa shape index (κ3) is 3.61. The minimum atomic E-state index is -0.0610. The van der Waals surface area contributed by atoms with E-state index in [1.165, 1.54) is 37.7 Å². The normalized spacial score (nSPS) is 18.8. The van der Waals surface area contributed by atoms with Gasteiger partial charge in [0.2, 0.25) is 0 Å². The van der Waals surface area contributed by atoms with Crippen LogP contribution in [0.1, 0.15) is 56.1 Å². The Morgan fingerprint density at radius 2 is 1.70 bits per heavy atom. The Balaban J connectivity index is 2.01. The van der Waals surface area contributed by atoms with Crippen LogP contribution in [-0.2, 0) is 6.42 Å². The van der Waals surface area contributed by atoms with Crippen molar-refractivity contribution in [1.29, 1.82) is 10.5 Å². The van der Waals surface area contributed by atoms with Crippen molar-refractivity contribution in [3.05, 3.63) is 35.4 Å². The molecule has 2 rings (SSSR count). The van der Waals surface area contributed by atoms with Crippen LogP contribution in [0.25, 0.3) is 0 Å². The Morgan fingerprint density at radius 1 is 1.05 bits per heavy atom. The van der Waals surface area contributed by atoms with Crippen molar-refractivity contribution in [2.24, 2.45) is 11.8 Å². The van der Waals surface area contributed by atoms with E-state index in [1.807, 2.05) is 19.1 Å². The van der Waals surface area contributed by atoms with E-state index in [2.05, 4.69) is 24.3 Å². The van der Waals surface area contributed by atoms with Crippen LogP contribution in [-0.4, -0.2) is 0 Å². The lowest BCUT2D eigenvalue weighted by molar-refractivity contribution is 0.290.